The third-order valence-corrected chi connectivity index (χ3v) is 4.64. The topological polar surface area (TPSA) is 20.2 Å². The largest absolute Gasteiger partial charge is 0.508 e. The monoisotopic (exact) mass is 308 g/mol. The molecule has 0 aromatic heterocycles. The van der Waals surface area contributed by atoms with Crippen LogP contribution in [0.3, 0.4) is 0 Å². The van der Waals surface area contributed by atoms with Crippen molar-refractivity contribution in [3.05, 3.63) is 65.2 Å². The molecule has 2 aromatic rings. The molecule has 0 heterocycles. The summed E-state index contributed by atoms with van der Waals surface area (Å²) >= 11 is 12.5. The molecular formula is C17H18Cl2O. The van der Waals surface area contributed by atoms with Crippen LogP contribution >= 0.6 is 23.2 Å². The van der Waals surface area contributed by atoms with Crippen LogP contribution in [0.1, 0.15) is 16.7 Å². The summed E-state index contributed by atoms with van der Waals surface area (Å²) in [4.78, 5) is 0. The van der Waals surface area contributed by atoms with Crippen LogP contribution in [0.25, 0.3) is 0 Å². The number of aryl methyl sites for hydroxylation is 1. The molecule has 0 bridgehead atoms. The van der Waals surface area contributed by atoms with Gasteiger partial charge in [-0.2, -0.15) is 0 Å². The van der Waals surface area contributed by atoms with Crippen molar-refractivity contribution in [2.24, 2.45) is 0 Å². The Morgan fingerprint density at radius 1 is 1.00 bits per heavy atom. The number of hydrogen-bond donors (Lipinski definition) is 1. The minimum Gasteiger partial charge on any atom is -0.508 e. The molecule has 106 valence electrons. The molecule has 20 heavy (non-hydrogen) atoms. The van der Waals surface area contributed by atoms with Crippen molar-refractivity contribution < 1.29 is 5.11 Å². The van der Waals surface area contributed by atoms with Crippen molar-refractivity contribution in [1.82, 2.24) is 0 Å². The second kappa shape index (κ2) is 6.51. The predicted octanol–water partition coefficient (Wildman–Crippen LogP) is 4.66. The van der Waals surface area contributed by atoms with Crippen LogP contribution in [0.15, 0.2) is 48.5 Å². The Bertz CT molecular complexity index is 559. The first-order valence-corrected chi connectivity index (χ1v) is 7.63. The highest BCUT2D eigenvalue weighted by Crippen LogP contribution is 2.32. The molecule has 0 unspecified atom stereocenters. The fourth-order valence-corrected chi connectivity index (χ4v) is 3.15. The number of halogens is 2. The number of hydrogen-bond acceptors (Lipinski definition) is 1. The zero-order chi connectivity index (χ0) is 14.6. The summed E-state index contributed by atoms with van der Waals surface area (Å²) in [5.74, 6) is 1.19. The van der Waals surface area contributed by atoms with Crippen LogP contribution in [0, 0.1) is 6.92 Å². The van der Waals surface area contributed by atoms with E-state index in [1.165, 1.54) is 5.56 Å². The Balaban J connectivity index is 2.36. The van der Waals surface area contributed by atoms with Gasteiger partial charge in [-0.05, 0) is 36.6 Å². The van der Waals surface area contributed by atoms with Gasteiger partial charge in [0.25, 0.3) is 0 Å². The zero-order valence-electron chi connectivity index (χ0n) is 11.4. The lowest BCUT2D eigenvalue weighted by atomic mass is 9.78. The lowest BCUT2D eigenvalue weighted by Gasteiger charge is -2.31. The lowest BCUT2D eigenvalue weighted by molar-refractivity contribution is 0.474. The maximum atomic E-state index is 9.37. The van der Waals surface area contributed by atoms with Crippen LogP contribution in [0.2, 0.25) is 0 Å². The molecule has 0 radical (unpaired) electrons. The Morgan fingerprint density at radius 3 is 2.20 bits per heavy atom. The molecule has 0 spiro atoms. The third-order valence-electron chi connectivity index (χ3n) is 3.62. The van der Waals surface area contributed by atoms with Crippen LogP contribution in [0.5, 0.6) is 5.75 Å². The van der Waals surface area contributed by atoms with E-state index in [1.807, 2.05) is 18.2 Å². The molecule has 2 rings (SSSR count). The molecule has 3 heteroatoms. The molecule has 0 aliphatic carbocycles. The lowest BCUT2D eigenvalue weighted by Crippen LogP contribution is -2.33. The van der Waals surface area contributed by atoms with Crippen molar-refractivity contribution in [2.45, 2.75) is 18.8 Å². The molecule has 0 fully saturated rings. The van der Waals surface area contributed by atoms with Crippen LogP contribution in [-0.4, -0.2) is 16.9 Å². The zero-order valence-corrected chi connectivity index (χ0v) is 13.0. The van der Waals surface area contributed by atoms with E-state index in [9.17, 15) is 5.11 Å². The smallest absolute Gasteiger partial charge is 0.115 e. The number of aromatic hydroxyl groups is 1. The van der Waals surface area contributed by atoms with Crippen LogP contribution in [-0.2, 0) is 11.8 Å². The Morgan fingerprint density at radius 2 is 1.65 bits per heavy atom. The van der Waals surface area contributed by atoms with Crippen molar-refractivity contribution in [1.29, 1.82) is 0 Å². The van der Waals surface area contributed by atoms with Gasteiger partial charge in [0.1, 0.15) is 5.75 Å². The summed E-state index contributed by atoms with van der Waals surface area (Å²) in [6.45, 7) is 2.07. The van der Waals surface area contributed by atoms with Gasteiger partial charge in [0.05, 0.1) is 0 Å². The molecule has 0 saturated carbocycles. The second-order valence-corrected chi connectivity index (χ2v) is 5.79. The maximum absolute atomic E-state index is 9.37. The normalized spacial score (nSPS) is 11.6. The van der Waals surface area contributed by atoms with Crippen molar-refractivity contribution >= 4 is 23.2 Å². The highest BCUT2D eigenvalue weighted by atomic mass is 35.5. The summed E-state index contributed by atoms with van der Waals surface area (Å²) < 4.78 is 0. The maximum Gasteiger partial charge on any atom is 0.115 e. The van der Waals surface area contributed by atoms with E-state index >= 15 is 0 Å². The standard InChI is InChI=1S/C17H18Cl2O/c1-13-3-2-4-15(9-13)17(11-18,12-19)10-14-5-7-16(20)8-6-14/h2-9,20H,10-12H2,1H3. The third kappa shape index (κ3) is 3.28. The molecular weight excluding hydrogens is 291 g/mol. The van der Waals surface area contributed by atoms with Gasteiger partial charge in [-0.25, -0.2) is 0 Å². The number of phenols is 1. The molecule has 0 aliphatic rings. The molecule has 1 nitrogen and oxygen atoms in total. The van der Waals surface area contributed by atoms with Crippen molar-refractivity contribution in [3.8, 4) is 5.75 Å². The van der Waals surface area contributed by atoms with Gasteiger partial charge in [0.2, 0.25) is 0 Å². The van der Waals surface area contributed by atoms with Gasteiger partial charge < -0.3 is 5.11 Å². The number of rotatable bonds is 5. The first kappa shape index (κ1) is 15.2. The summed E-state index contributed by atoms with van der Waals surface area (Å²) in [6.07, 6.45) is 0.754. The number of phenolic OH excluding ortho intramolecular Hbond substituents is 1. The highest BCUT2D eigenvalue weighted by Gasteiger charge is 2.31. The summed E-state index contributed by atoms with van der Waals surface area (Å²) in [5.41, 5.74) is 3.19. The van der Waals surface area contributed by atoms with Gasteiger partial charge >= 0.3 is 0 Å². The Kier molecular flexibility index (Phi) is 4.95. The summed E-state index contributed by atoms with van der Waals surface area (Å²) in [6, 6.07) is 15.5. The van der Waals surface area contributed by atoms with E-state index < -0.39 is 0 Å². The van der Waals surface area contributed by atoms with Gasteiger partial charge in [0, 0.05) is 17.2 Å². The minimum atomic E-state index is -0.286. The van der Waals surface area contributed by atoms with Crippen LogP contribution < -0.4 is 0 Å². The molecule has 0 amide bonds. The van der Waals surface area contributed by atoms with Crippen molar-refractivity contribution in [3.63, 3.8) is 0 Å². The highest BCUT2D eigenvalue weighted by molar-refractivity contribution is 6.22. The van der Waals surface area contributed by atoms with Gasteiger partial charge in [-0.1, -0.05) is 42.0 Å². The molecule has 0 saturated heterocycles. The summed E-state index contributed by atoms with van der Waals surface area (Å²) in [5, 5.41) is 9.37. The molecule has 1 N–H and O–H groups in total. The first-order valence-electron chi connectivity index (χ1n) is 6.57. The average Bonchev–Trinajstić information content (AvgIpc) is 2.47. The average molecular weight is 309 g/mol. The van der Waals surface area contributed by atoms with E-state index in [0.29, 0.717) is 11.8 Å². The fraction of sp³-hybridized carbons (Fsp3) is 0.294. The van der Waals surface area contributed by atoms with E-state index in [4.69, 9.17) is 23.2 Å². The van der Waals surface area contributed by atoms with Crippen LogP contribution in [0.4, 0.5) is 0 Å². The van der Waals surface area contributed by atoms with E-state index in [0.717, 1.165) is 17.5 Å². The van der Waals surface area contributed by atoms with E-state index in [-0.39, 0.29) is 11.2 Å². The molecule has 2 aromatic carbocycles. The van der Waals surface area contributed by atoms with E-state index in [2.05, 4.69) is 25.1 Å². The van der Waals surface area contributed by atoms with Crippen molar-refractivity contribution in [2.75, 3.05) is 11.8 Å². The first-order chi connectivity index (χ1) is 9.59. The predicted molar refractivity (Wildman–Crippen MR) is 86.1 cm³/mol. The second-order valence-electron chi connectivity index (χ2n) is 5.26. The fourth-order valence-electron chi connectivity index (χ4n) is 2.37. The SMILES string of the molecule is Cc1cccc(C(CCl)(CCl)Cc2ccc(O)cc2)c1. The molecule has 0 atom stereocenters. The van der Waals surface area contributed by atoms with Gasteiger partial charge in [0.15, 0.2) is 0 Å². The Labute approximate surface area is 130 Å². The minimum absolute atomic E-state index is 0.270. The summed E-state index contributed by atoms with van der Waals surface area (Å²) in [7, 11) is 0. The number of benzene rings is 2. The van der Waals surface area contributed by atoms with Gasteiger partial charge in [-0.3, -0.25) is 0 Å². The van der Waals surface area contributed by atoms with Gasteiger partial charge in [-0.15, -0.1) is 23.2 Å². The van der Waals surface area contributed by atoms with E-state index in [1.54, 1.807) is 12.1 Å². The Hall–Kier alpha value is -1.18. The quantitative estimate of drug-likeness (QED) is 0.797. The molecule has 0 aliphatic heterocycles. The number of alkyl halides is 2.